The van der Waals surface area contributed by atoms with E-state index in [0.717, 1.165) is 66.1 Å². The van der Waals surface area contributed by atoms with Crippen LogP contribution in [0.1, 0.15) is 56.0 Å². The van der Waals surface area contributed by atoms with Crippen molar-refractivity contribution in [3.63, 3.8) is 0 Å². The number of para-hydroxylation sites is 3. The average molecular weight is 514 g/mol. The summed E-state index contributed by atoms with van der Waals surface area (Å²) in [5, 5.41) is 3.05. The van der Waals surface area contributed by atoms with Gasteiger partial charge in [0.05, 0.1) is 31.2 Å². The second kappa shape index (κ2) is 13.7. The standard InChI is InChI=1S/C32H39N3O3/c1-24(2)27-11-4-7-14-30(27)38-22-9-8-21-35-29-13-6-5-12-28(29)34-31(35)15-10-20-33-32(36)23-25-16-18-26(37-3)19-17-25/h4-7,11-14,16-19,24H,8-10,15,20-23H2,1-3H3,(H,33,36). The third-order valence-electron chi connectivity index (χ3n) is 6.73. The Hall–Kier alpha value is -3.80. The molecule has 6 heteroatoms. The number of benzene rings is 3. The molecular formula is C32H39N3O3. The SMILES string of the molecule is COc1ccc(CC(=O)NCCCc2nc3ccccc3n2CCCCOc2ccccc2C(C)C)cc1. The molecule has 38 heavy (non-hydrogen) atoms. The molecule has 1 N–H and O–H groups in total. The number of methoxy groups -OCH3 is 1. The number of unbranched alkanes of at least 4 members (excludes halogenated alkanes) is 1. The fourth-order valence-corrected chi connectivity index (χ4v) is 4.67. The molecule has 4 rings (SSSR count). The first-order chi connectivity index (χ1) is 18.5. The van der Waals surface area contributed by atoms with Crippen LogP contribution in [0.15, 0.2) is 72.8 Å². The van der Waals surface area contributed by atoms with Gasteiger partial charge < -0.3 is 19.4 Å². The molecule has 4 aromatic rings. The molecule has 3 aromatic carbocycles. The maximum atomic E-state index is 12.4. The van der Waals surface area contributed by atoms with Crippen LogP contribution in [0.4, 0.5) is 0 Å². The second-order valence-corrected chi connectivity index (χ2v) is 9.89. The van der Waals surface area contributed by atoms with Gasteiger partial charge in [0.25, 0.3) is 0 Å². The molecule has 0 saturated heterocycles. The summed E-state index contributed by atoms with van der Waals surface area (Å²) >= 11 is 0. The molecular weight excluding hydrogens is 474 g/mol. The van der Waals surface area contributed by atoms with Gasteiger partial charge in [-0.15, -0.1) is 0 Å². The maximum absolute atomic E-state index is 12.4. The van der Waals surface area contributed by atoms with E-state index in [1.165, 1.54) is 5.56 Å². The molecule has 0 unspecified atom stereocenters. The number of hydrogen-bond acceptors (Lipinski definition) is 4. The molecule has 0 radical (unpaired) electrons. The van der Waals surface area contributed by atoms with Crippen LogP contribution in [-0.4, -0.2) is 35.7 Å². The highest BCUT2D eigenvalue weighted by Gasteiger charge is 2.11. The quantitative estimate of drug-likeness (QED) is 0.200. The summed E-state index contributed by atoms with van der Waals surface area (Å²) in [5.41, 5.74) is 4.42. The lowest BCUT2D eigenvalue weighted by molar-refractivity contribution is -0.120. The molecule has 0 bridgehead atoms. The molecule has 0 saturated carbocycles. The van der Waals surface area contributed by atoms with Crippen LogP contribution in [0.2, 0.25) is 0 Å². The third kappa shape index (κ3) is 7.37. The van der Waals surface area contributed by atoms with Crippen molar-refractivity contribution in [3.8, 4) is 11.5 Å². The number of amides is 1. The maximum Gasteiger partial charge on any atom is 0.224 e. The number of carbonyl (C=O) groups excluding carboxylic acids is 1. The van der Waals surface area contributed by atoms with Gasteiger partial charge in [-0.3, -0.25) is 4.79 Å². The Labute approximate surface area is 226 Å². The van der Waals surface area contributed by atoms with Crippen molar-refractivity contribution < 1.29 is 14.3 Å². The van der Waals surface area contributed by atoms with Crippen molar-refractivity contribution in [1.82, 2.24) is 14.9 Å². The minimum Gasteiger partial charge on any atom is -0.497 e. The molecule has 0 fully saturated rings. The number of fused-ring (bicyclic) bond motifs is 1. The number of aromatic nitrogens is 2. The summed E-state index contributed by atoms with van der Waals surface area (Å²) < 4.78 is 13.6. The van der Waals surface area contributed by atoms with E-state index >= 15 is 0 Å². The van der Waals surface area contributed by atoms with Crippen molar-refractivity contribution in [3.05, 3.63) is 89.7 Å². The Balaban J connectivity index is 1.26. The van der Waals surface area contributed by atoms with Crippen LogP contribution in [-0.2, 0) is 24.2 Å². The zero-order valence-corrected chi connectivity index (χ0v) is 22.8. The van der Waals surface area contributed by atoms with Crippen LogP contribution >= 0.6 is 0 Å². The second-order valence-electron chi connectivity index (χ2n) is 9.89. The summed E-state index contributed by atoms with van der Waals surface area (Å²) in [7, 11) is 1.64. The minimum atomic E-state index is 0.0303. The van der Waals surface area contributed by atoms with Crippen LogP contribution < -0.4 is 14.8 Å². The Kier molecular flexibility index (Phi) is 9.79. The zero-order valence-electron chi connectivity index (χ0n) is 22.8. The van der Waals surface area contributed by atoms with E-state index in [4.69, 9.17) is 14.5 Å². The smallest absolute Gasteiger partial charge is 0.224 e. The average Bonchev–Trinajstić information content (AvgIpc) is 3.28. The van der Waals surface area contributed by atoms with Gasteiger partial charge in [0, 0.05) is 19.5 Å². The molecule has 1 amide bonds. The molecule has 0 spiro atoms. The number of carbonyl (C=O) groups is 1. The number of nitrogens with one attached hydrogen (secondary N) is 1. The van der Waals surface area contributed by atoms with Gasteiger partial charge in [0.2, 0.25) is 5.91 Å². The highest BCUT2D eigenvalue weighted by Crippen LogP contribution is 2.26. The van der Waals surface area contributed by atoms with Crippen LogP contribution in [0, 0.1) is 0 Å². The van der Waals surface area contributed by atoms with E-state index < -0.39 is 0 Å². The zero-order chi connectivity index (χ0) is 26.7. The van der Waals surface area contributed by atoms with E-state index in [1.54, 1.807) is 7.11 Å². The van der Waals surface area contributed by atoms with Crippen molar-refractivity contribution >= 4 is 16.9 Å². The van der Waals surface area contributed by atoms with Crippen LogP contribution in [0.3, 0.4) is 0 Å². The van der Waals surface area contributed by atoms with E-state index in [-0.39, 0.29) is 5.91 Å². The highest BCUT2D eigenvalue weighted by molar-refractivity contribution is 5.78. The third-order valence-corrected chi connectivity index (χ3v) is 6.73. The van der Waals surface area contributed by atoms with Gasteiger partial charge in [-0.1, -0.05) is 56.3 Å². The Morgan fingerprint density at radius 1 is 0.947 bits per heavy atom. The Bertz CT molecular complexity index is 1310. The minimum absolute atomic E-state index is 0.0303. The lowest BCUT2D eigenvalue weighted by Gasteiger charge is -2.14. The summed E-state index contributed by atoms with van der Waals surface area (Å²) in [6.45, 7) is 6.61. The molecule has 0 atom stereocenters. The molecule has 1 heterocycles. The first-order valence-corrected chi connectivity index (χ1v) is 13.6. The summed E-state index contributed by atoms with van der Waals surface area (Å²) in [5.74, 6) is 3.33. The fourth-order valence-electron chi connectivity index (χ4n) is 4.67. The normalized spacial score (nSPS) is 11.2. The van der Waals surface area contributed by atoms with Gasteiger partial charge in [0.1, 0.15) is 17.3 Å². The number of ether oxygens (including phenoxy) is 2. The highest BCUT2D eigenvalue weighted by atomic mass is 16.5. The first-order valence-electron chi connectivity index (χ1n) is 13.6. The van der Waals surface area contributed by atoms with E-state index in [2.05, 4.69) is 60.1 Å². The number of rotatable bonds is 14. The van der Waals surface area contributed by atoms with E-state index in [1.807, 2.05) is 36.4 Å². The molecule has 200 valence electrons. The van der Waals surface area contributed by atoms with Gasteiger partial charge in [-0.05, 0) is 66.6 Å². The monoisotopic (exact) mass is 513 g/mol. The Morgan fingerprint density at radius 3 is 2.50 bits per heavy atom. The predicted octanol–water partition coefficient (Wildman–Crippen LogP) is 6.32. The van der Waals surface area contributed by atoms with Gasteiger partial charge >= 0.3 is 0 Å². The van der Waals surface area contributed by atoms with Gasteiger partial charge in [0.15, 0.2) is 0 Å². The number of hydrogen-bond donors (Lipinski definition) is 1. The summed E-state index contributed by atoms with van der Waals surface area (Å²) in [6.07, 6.45) is 4.00. The van der Waals surface area contributed by atoms with Crippen LogP contribution in [0.5, 0.6) is 11.5 Å². The lowest BCUT2D eigenvalue weighted by Crippen LogP contribution is -2.26. The molecule has 0 aliphatic rings. The molecule has 0 aliphatic carbocycles. The summed E-state index contributed by atoms with van der Waals surface area (Å²) in [4.78, 5) is 17.3. The molecule has 6 nitrogen and oxygen atoms in total. The molecule has 0 aliphatic heterocycles. The number of nitrogens with zero attached hydrogens (tertiary/aromatic N) is 2. The number of aryl methyl sites for hydroxylation is 2. The topological polar surface area (TPSA) is 65.4 Å². The van der Waals surface area contributed by atoms with Crippen molar-refractivity contribution in [2.75, 3.05) is 20.3 Å². The van der Waals surface area contributed by atoms with Crippen molar-refractivity contribution in [2.24, 2.45) is 0 Å². The van der Waals surface area contributed by atoms with E-state index in [0.29, 0.717) is 25.5 Å². The van der Waals surface area contributed by atoms with Gasteiger partial charge in [-0.25, -0.2) is 4.98 Å². The molecule has 1 aromatic heterocycles. The van der Waals surface area contributed by atoms with E-state index in [9.17, 15) is 4.79 Å². The van der Waals surface area contributed by atoms with Crippen molar-refractivity contribution in [1.29, 1.82) is 0 Å². The first kappa shape index (κ1) is 27.2. The van der Waals surface area contributed by atoms with Crippen molar-refractivity contribution in [2.45, 2.75) is 58.4 Å². The fraction of sp³-hybridized carbons (Fsp3) is 0.375. The predicted molar refractivity (Wildman–Crippen MR) is 153 cm³/mol. The largest absolute Gasteiger partial charge is 0.497 e. The van der Waals surface area contributed by atoms with Gasteiger partial charge in [-0.2, -0.15) is 0 Å². The number of imidazole rings is 1. The summed E-state index contributed by atoms with van der Waals surface area (Å²) in [6, 6.07) is 24.2. The van der Waals surface area contributed by atoms with Crippen LogP contribution in [0.25, 0.3) is 11.0 Å². The lowest BCUT2D eigenvalue weighted by atomic mass is 10.0. The Morgan fingerprint density at radius 2 is 1.71 bits per heavy atom.